The van der Waals surface area contributed by atoms with Gasteiger partial charge in [-0.05, 0) is 67.5 Å². The number of rotatable bonds is 3. The summed E-state index contributed by atoms with van der Waals surface area (Å²) in [6, 6.07) is 7.89. The molecule has 1 atom stereocenters. The zero-order chi connectivity index (χ0) is 17.1. The van der Waals surface area contributed by atoms with E-state index in [0.29, 0.717) is 19.4 Å². The highest BCUT2D eigenvalue weighted by Gasteiger charge is 2.43. The number of hydrogen-bond acceptors (Lipinski definition) is 4. The molecule has 3 N–H and O–H groups in total. The number of hydrazine groups is 1. The van der Waals surface area contributed by atoms with Crippen LogP contribution < -0.4 is 16.2 Å². The second-order valence-corrected chi connectivity index (χ2v) is 7.89. The normalized spacial score (nSPS) is 21.5. The Balaban J connectivity index is 2.22. The number of nitrogens with one attached hydrogen (secondary N) is 3. The molecule has 0 spiro atoms. The molecule has 1 aromatic carbocycles. The van der Waals surface area contributed by atoms with Crippen LogP contribution in [0.3, 0.4) is 0 Å². The van der Waals surface area contributed by atoms with Crippen molar-refractivity contribution in [3.63, 3.8) is 0 Å². The highest BCUT2D eigenvalue weighted by atomic mass is 127. The molecule has 0 bridgehead atoms. The van der Waals surface area contributed by atoms with E-state index in [9.17, 15) is 9.59 Å². The van der Waals surface area contributed by atoms with Crippen molar-refractivity contribution in [2.75, 3.05) is 6.54 Å². The lowest BCUT2D eigenvalue weighted by molar-refractivity contribution is -0.131. The molecule has 1 aromatic rings. The third-order valence-electron chi connectivity index (χ3n) is 3.45. The summed E-state index contributed by atoms with van der Waals surface area (Å²) >= 11 is 2.23. The summed E-state index contributed by atoms with van der Waals surface area (Å²) in [5, 5.41) is 2.79. The molecule has 7 heteroatoms. The van der Waals surface area contributed by atoms with Gasteiger partial charge in [-0.25, -0.2) is 10.2 Å². The van der Waals surface area contributed by atoms with Crippen LogP contribution in [0.1, 0.15) is 32.8 Å². The summed E-state index contributed by atoms with van der Waals surface area (Å²) in [6.45, 7) is 5.95. The van der Waals surface area contributed by atoms with E-state index >= 15 is 0 Å². The standard InChI is InChI=1S/C16H22IN3O3/c1-15(2,3)23-14(22)19-16(7-8-18-20-13(16)21)10-11-5-4-6-12(17)9-11/h4-6,9,18H,7-8,10H2,1-3H3,(H,19,22)(H,20,21). The molecule has 23 heavy (non-hydrogen) atoms. The highest BCUT2D eigenvalue weighted by molar-refractivity contribution is 14.1. The second-order valence-electron chi connectivity index (χ2n) is 6.65. The minimum atomic E-state index is -1.02. The Labute approximate surface area is 149 Å². The van der Waals surface area contributed by atoms with Crippen molar-refractivity contribution in [3.8, 4) is 0 Å². The van der Waals surface area contributed by atoms with Crippen LogP contribution in [0.4, 0.5) is 4.79 Å². The van der Waals surface area contributed by atoms with Gasteiger partial charge in [0.25, 0.3) is 5.91 Å². The maximum absolute atomic E-state index is 12.5. The molecule has 2 amide bonds. The molecule has 6 nitrogen and oxygen atoms in total. The Hall–Kier alpha value is -1.35. The van der Waals surface area contributed by atoms with Crippen molar-refractivity contribution < 1.29 is 14.3 Å². The predicted octanol–water partition coefficient (Wildman–Crippen LogP) is 2.12. The first-order valence-electron chi connectivity index (χ1n) is 7.49. The molecule has 126 valence electrons. The van der Waals surface area contributed by atoms with Gasteiger partial charge in [-0.1, -0.05) is 12.1 Å². The summed E-state index contributed by atoms with van der Waals surface area (Å²) in [5.41, 5.74) is 4.79. The van der Waals surface area contributed by atoms with E-state index in [4.69, 9.17) is 4.74 Å². The van der Waals surface area contributed by atoms with Gasteiger partial charge in [0.05, 0.1) is 0 Å². The minimum Gasteiger partial charge on any atom is -0.444 e. The summed E-state index contributed by atoms with van der Waals surface area (Å²) < 4.78 is 6.41. The molecule has 0 saturated carbocycles. The molecule has 0 radical (unpaired) electrons. The van der Waals surface area contributed by atoms with Crippen molar-refractivity contribution >= 4 is 34.6 Å². The largest absolute Gasteiger partial charge is 0.444 e. The maximum atomic E-state index is 12.5. The zero-order valence-electron chi connectivity index (χ0n) is 13.5. The Morgan fingerprint density at radius 2 is 2.17 bits per heavy atom. The molecule has 1 aliphatic rings. The molecule has 0 aliphatic carbocycles. The molecule has 0 aromatic heterocycles. The second kappa shape index (κ2) is 7.04. The minimum absolute atomic E-state index is 0.256. The molecule has 1 unspecified atom stereocenters. The Bertz CT molecular complexity index is 600. The number of alkyl carbamates (subject to hydrolysis) is 1. The Kier molecular flexibility index (Phi) is 5.51. The van der Waals surface area contributed by atoms with Crippen LogP contribution in [0.25, 0.3) is 0 Å². The fourth-order valence-electron chi connectivity index (χ4n) is 2.48. The first kappa shape index (κ1) is 18.0. The number of amides is 2. The number of hydrogen-bond donors (Lipinski definition) is 3. The summed E-state index contributed by atoms with van der Waals surface area (Å²) in [5.74, 6) is -0.256. The van der Waals surface area contributed by atoms with Gasteiger partial charge < -0.3 is 10.1 Å². The van der Waals surface area contributed by atoms with Crippen LogP contribution in [0.15, 0.2) is 24.3 Å². The van der Waals surface area contributed by atoms with Gasteiger partial charge >= 0.3 is 6.09 Å². The van der Waals surface area contributed by atoms with Gasteiger partial charge in [0.1, 0.15) is 11.1 Å². The lowest BCUT2D eigenvalue weighted by atomic mass is 9.85. The van der Waals surface area contributed by atoms with Crippen LogP contribution >= 0.6 is 22.6 Å². The van der Waals surface area contributed by atoms with E-state index in [0.717, 1.165) is 9.13 Å². The fourth-order valence-corrected chi connectivity index (χ4v) is 3.09. The van der Waals surface area contributed by atoms with Crippen LogP contribution in [0.2, 0.25) is 0 Å². The van der Waals surface area contributed by atoms with Gasteiger partial charge in [0.15, 0.2) is 0 Å². The van der Waals surface area contributed by atoms with Crippen molar-refractivity contribution in [1.29, 1.82) is 0 Å². The molecular formula is C16H22IN3O3. The number of halogens is 1. The number of carbonyl (C=O) groups excluding carboxylic acids is 2. The Morgan fingerprint density at radius 1 is 1.43 bits per heavy atom. The van der Waals surface area contributed by atoms with E-state index in [1.165, 1.54) is 0 Å². The maximum Gasteiger partial charge on any atom is 0.408 e. The van der Waals surface area contributed by atoms with E-state index in [2.05, 4.69) is 38.8 Å². The van der Waals surface area contributed by atoms with Gasteiger partial charge in [0.2, 0.25) is 0 Å². The molecule has 2 rings (SSSR count). The van der Waals surface area contributed by atoms with Crippen LogP contribution in [-0.2, 0) is 16.0 Å². The molecule has 1 aliphatic heterocycles. The number of carbonyl (C=O) groups is 2. The molecule has 1 fully saturated rings. The van der Waals surface area contributed by atoms with E-state index < -0.39 is 17.2 Å². The quantitative estimate of drug-likeness (QED) is 0.641. The van der Waals surface area contributed by atoms with Gasteiger partial charge in [0, 0.05) is 16.5 Å². The first-order valence-corrected chi connectivity index (χ1v) is 8.57. The van der Waals surface area contributed by atoms with E-state index in [1.54, 1.807) is 20.8 Å². The summed E-state index contributed by atoms with van der Waals surface area (Å²) in [4.78, 5) is 24.7. The lowest BCUT2D eigenvalue weighted by Gasteiger charge is -2.37. The third-order valence-corrected chi connectivity index (χ3v) is 4.12. The van der Waals surface area contributed by atoms with E-state index in [-0.39, 0.29) is 5.91 Å². The van der Waals surface area contributed by atoms with Gasteiger partial charge in [-0.15, -0.1) is 0 Å². The highest BCUT2D eigenvalue weighted by Crippen LogP contribution is 2.22. The van der Waals surface area contributed by atoms with Gasteiger partial charge in [-0.3, -0.25) is 10.2 Å². The monoisotopic (exact) mass is 431 g/mol. The van der Waals surface area contributed by atoms with Gasteiger partial charge in [-0.2, -0.15) is 0 Å². The van der Waals surface area contributed by atoms with Crippen LogP contribution in [0, 0.1) is 3.57 Å². The number of benzene rings is 1. The van der Waals surface area contributed by atoms with E-state index in [1.807, 2.05) is 24.3 Å². The van der Waals surface area contributed by atoms with Crippen molar-refractivity contribution in [2.24, 2.45) is 0 Å². The van der Waals surface area contributed by atoms with Crippen LogP contribution in [-0.4, -0.2) is 29.7 Å². The SMILES string of the molecule is CC(C)(C)OC(=O)NC1(Cc2cccc(I)c2)CCNNC1=O. The zero-order valence-corrected chi connectivity index (χ0v) is 15.7. The fraction of sp³-hybridized carbons (Fsp3) is 0.500. The molecular weight excluding hydrogens is 409 g/mol. The summed E-state index contributed by atoms with van der Waals surface area (Å²) in [7, 11) is 0. The van der Waals surface area contributed by atoms with Crippen molar-refractivity contribution in [2.45, 2.75) is 44.8 Å². The lowest BCUT2D eigenvalue weighted by Crippen LogP contribution is -2.67. The summed E-state index contributed by atoms with van der Waals surface area (Å²) in [6.07, 6.45) is 0.320. The Morgan fingerprint density at radius 3 is 2.78 bits per heavy atom. The molecule has 1 heterocycles. The number of ether oxygens (including phenoxy) is 1. The average Bonchev–Trinajstić information content (AvgIpc) is 2.40. The predicted molar refractivity (Wildman–Crippen MR) is 95.7 cm³/mol. The topological polar surface area (TPSA) is 79.5 Å². The van der Waals surface area contributed by atoms with Crippen LogP contribution in [0.5, 0.6) is 0 Å². The van der Waals surface area contributed by atoms with Crippen molar-refractivity contribution in [1.82, 2.24) is 16.2 Å². The molecule has 1 saturated heterocycles. The third kappa shape index (κ3) is 5.07. The first-order chi connectivity index (χ1) is 10.7. The smallest absolute Gasteiger partial charge is 0.408 e. The van der Waals surface area contributed by atoms with Crippen molar-refractivity contribution in [3.05, 3.63) is 33.4 Å². The average molecular weight is 431 g/mol.